The summed E-state index contributed by atoms with van der Waals surface area (Å²) in [5.74, 6) is -0.418. The predicted octanol–water partition coefficient (Wildman–Crippen LogP) is 4.60. The minimum atomic E-state index is -0.499. The molecule has 6 nitrogen and oxygen atoms in total. The minimum Gasteiger partial charge on any atom is -0.506 e. The third-order valence-corrected chi connectivity index (χ3v) is 4.56. The molecule has 1 N–H and O–H groups in total. The first-order valence-corrected chi connectivity index (χ1v) is 9.13. The van der Waals surface area contributed by atoms with Crippen LogP contribution >= 0.6 is 0 Å². The molecule has 0 aliphatic heterocycles. The number of carbonyl (C=O) groups excluding carboxylic acids is 1. The van der Waals surface area contributed by atoms with E-state index in [9.17, 15) is 9.90 Å². The Morgan fingerprint density at radius 2 is 1.82 bits per heavy atom. The van der Waals surface area contributed by atoms with Gasteiger partial charge in [-0.05, 0) is 54.7 Å². The third-order valence-electron chi connectivity index (χ3n) is 4.56. The van der Waals surface area contributed by atoms with Crippen LogP contribution in [0.1, 0.15) is 51.8 Å². The molecule has 3 aromatic rings. The number of aromatic nitrogens is 3. The van der Waals surface area contributed by atoms with Gasteiger partial charge in [-0.1, -0.05) is 39.5 Å². The second-order valence-corrected chi connectivity index (χ2v) is 8.02. The van der Waals surface area contributed by atoms with Crippen molar-refractivity contribution in [2.24, 2.45) is 0 Å². The maximum absolute atomic E-state index is 11.8. The standard InChI is InChI=1S/C22H25N3O3/c1-13(2)21(27)28-14(3)15-7-10-20(26)19(11-15)25-23-17-9-8-16(22(4,5)6)12-18(17)24-25/h7-12,14,26H,1H2,2-6H3. The van der Waals surface area contributed by atoms with Crippen molar-refractivity contribution >= 4 is 17.0 Å². The van der Waals surface area contributed by atoms with Crippen LogP contribution in [-0.4, -0.2) is 26.1 Å². The van der Waals surface area contributed by atoms with Gasteiger partial charge in [-0.2, -0.15) is 0 Å². The fourth-order valence-electron chi connectivity index (χ4n) is 2.77. The van der Waals surface area contributed by atoms with Gasteiger partial charge in [0.05, 0.1) is 0 Å². The van der Waals surface area contributed by atoms with Crippen molar-refractivity contribution < 1.29 is 14.6 Å². The third kappa shape index (κ3) is 3.91. The van der Waals surface area contributed by atoms with Gasteiger partial charge in [0.2, 0.25) is 0 Å². The quantitative estimate of drug-likeness (QED) is 0.529. The zero-order valence-electron chi connectivity index (χ0n) is 16.9. The highest BCUT2D eigenvalue weighted by atomic mass is 16.5. The summed E-state index contributed by atoms with van der Waals surface area (Å²) in [6, 6.07) is 10.9. The van der Waals surface area contributed by atoms with Crippen LogP contribution in [0.15, 0.2) is 48.6 Å². The van der Waals surface area contributed by atoms with Crippen molar-refractivity contribution in [1.82, 2.24) is 15.0 Å². The van der Waals surface area contributed by atoms with Crippen molar-refractivity contribution in [3.63, 3.8) is 0 Å². The smallest absolute Gasteiger partial charge is 0.333 e. The molecular weight excluding hydrogens is 354 g/mol. The summed E-state index contributed by atoms with van der Waals surface area (Å²) in [5.41, 5.74) is 4.12. The minimum absolute atomic E-state index is 0.00260. The monoisotopic (exact) mass is 379 g/mol. The van der Waals surface area contributed by atoms with Gasteiger partial charge in [0.1, 0.15) is 28.6 Å². The molecule has 0 radical (unpaired) electrons. The summed E-state index contributed by atoms with van der Waals surface area (Å²) in [6.45, 7) is 13.4. The number of carbonyl (C=O) groups is 1. The van der Waals surface area contributed by atoms with E-state index in [0.717, 1.165) is 22.2 Å². The first-order valence-electron chi connectivity index (χ1n) is 9.13. The Kier molecular flexibility index (Phi) is 4.98. The van der Waals surface area contributed by atoms with Crippen molar-refractivity contribution in [2.45, 2.75) is 46.1 Å². The number of phenolic OH excluding ortho intramolecular Hbond substituents is 1. The van der Waals surface area contributed by atoms with E-state index in [-0.39, 0.29) is 11.2 Å². The molecule has 28 heavy (non-hydrogen) atoms. The average Bonchev–Trinajstić information content (AvgIpc) is 3.04. The molecule has 3 rings (SSSR count). The lowest BCUT2D eigenvalue weighted by Crippen LogP contribution is -2.10. The van der Waals surface area contributed by atoms with E-state index >= 15 is 0 Å². The number of ether oxygens (including phenoxy) is 1. The molecule has 1 unspecified atom stereocenters. The molecule has 0 spiro atoms. The lowest BCUT2D eigenvalue weighted by molar-refractivity contribution is -0.143. The van der Waals surface area contributed by atoms with Gasteiger partial charge in [0, 0.05) is 5.57 Å². The molecule has 1 atom stereocenters. The summed E-state index contributed by atoms with van der Waals surface area (Å²) < 4.78 is 5.37. The summed E-state index contributed by atoms with van der Waals surface area (Å²) >= 11 is 0. The van der Waals surface area contributed by atoms with Crippen LogP contribution in [0.25, 0.3) is 16.7 Å². The normalized spacial score (nSPS) is 12.8. The zero-order chi connectivity index (χ0) is 20.6. The van der Waals surface area contributed by atoms with E-state index in [4.69, 9.17) is 4.74 Å². The van der Waals surface area contributed by atoms with Crippen molar-refractivity contribution in [2.75, 3.05) is 0 Å². The molecule has 0 bridgehead atoms. The van der Waals surface area contributed by atoms with E-state index in [1.807, 2.05) is 18.2 Å². The number of aromatic hydroxyl groups is 1. The summed E-state index contributed by atoms with van der Waals surface area (Å²) in [6.07, 6.45) is -0.499. The van der Waals surface area contributed by atoms with E-state index in [2.05, 4.69) is 37.5 Å². The van der Waals surface area contributed by atoms with Crippen molar-refractivity contribution in [3.05, 3.63) is 59.7 Å². The van der Waals surface area contributed by atoms with Gasteiger partial charge < -0.3 is 9.84 Å². The lowest BCUT2D eigenvalue weighted by Gasteiger charge is -2.18. The van der Waals surface area contributed by atoms with Gasteiger partial charge in [0.15, 0.2) is 0 Å². The first kappa shape index (κ1) is 19.6. The Morgan fingerprint density at radius 3 is 2.46 bits per heavy atom. The fraction of sp³-hybridized carbons (Fsp3) is 0.318. The van der Waals surface area contributed by atoms with Crippen LogP contribution in [0.4, 0.5) is 0 Å². The van der Waals surface area contributed by atoms with Gasteiger partial charge >= 0.3 is 5.97 Å². The van der Waals surface area contributed by atoms with E-state index in [0.29, 0.717) is 11.3 Å². The molecule has 0 saturated heterocycles. The molecule has 0 saturated carbocycles. The molecule has 1 aromatic heterocycles. The lowest BCUT2D eigenvalue weighted by atomic mass is 9.87. The molecule has 0 amide bonds. The molecule has 0 aliphatic rings. The van der Waals surface area contributed by atoms with Crippen LogP contribution in [0.3, 0.4) is 0 Å². The summed E-state index contributed by atoms with van der Waals surface area (Å²) in [7, 11) is 0. The molecule has 6 heteroatoms. The molecule has 1 heterocycles. The molecule has 0 fully saturated rings. The second-order valence-electron chi connectivity index (χ2n) is 8.02. The molecule has 0 aliphatic carbocycles. The molecular formula is C22H25N3O3. The number of hydrogen-bond acceptors (Lipinski definition) is 5. The predicted molar refractivity (Wildman–Crippen MR) is 109 cm³/mol. The fourth-order valence-corrected chi connectivity index (χ4v) is 2.77. The Labute approximate surface area is 164 Å². The highest BCUT2D eigenvalue weighted by Crippen LogP contribution is 2.29. The topological polar surface area (TPSA) is 77.2 Å². The number of hydrogen-bond donors (Lipinski definition) is 1. The molecule has 146 valence electrons. The maximum atomic E-state index is 11.8. The first-order chi connectivity index (χ1) is 13.1. The van der Waals surface area contributed by atoms with E-state index < -0.39 is 12.1 Å². The van der Waals surface area contributed by atoms with Crippen LogP contribution in [0.2, 0.25) is 0 Å². The van der Waals surface area contributed by atoms with Gasteiger partial charge in [0.25, 0.3) is 0 Å². The second kappa shape index (κ2) is 7.11. The number of fused-ring (bicyclic) bond motifs is 1. The average molecular weight is 379 g/mol. The van der Waals surface area contributed by atoms with E-state index in [1.165, 1.54) is 4.80 Å². The van der Waals surface area contributed by atoms with Crippen LogP contribution in [0, 0.1) is 0 Å². The Balaban J connectivity index is 1.99. The van der Waals surface area contributed by atoms with Gasteiger partial charge in [-0.3, -0.25) is 0 Å². The Morgan fingerprint density at radius 1 is 1.14 bits per heavy atom. The SMILES string of the molecule is C=C(C)C(=O)OC(C)c1ccc(O)c(-n2nc3ccc(C(C)(C)C)cc3n2)c1. The number of phenols is 1. The van der Waals surface area contributed by atoms with E-state index in [1.54, 1.807) is 32.0 Å². The van der Waals surface area contributed by atoms with Crippen LogP contribution < -0.4 is 0 Å². The summed E-state index contributed by atoms with van der Waals surface area (Å²) in [5, 5.41) is 19.3. The van der Waals surface area contributed by atoms with Crippen molar-refractivity contribution in [1.29, 1.82) is 0 Å². The number of benzene rings is 2. The molecule has 2 aromatic carbocycles. The number of esters is 1. The van der Waals surface area contributed by atoms with Gasteiger partial charge in [-0.15, -0.1) is 15.0 Å². The number of nitrogens with zero attached hydrogens (tertiary/aromatic N) is 3. The van der Waals surface area contributed by atoms with Gasteiger partial charge in [-0.25, -0.2) is 4.79 Å². The zero-order valence-corrected chi connectivity index (χ0v) is 16.9. The van der Waals surface area contributed by atoms with Crippen LogP contribution in [-0.2, 0) is 14.9 Å². The maximum Gasteiger partial charge on any atom is 0.333 e. The Hall–Kier alpha value is -3.15. The van der Waals surface area contributed by atoms with Crippen LogP contribution in [0.5, 0.6) is 5.75 Å². The highest BCUT2D eigenvalue weighted by Gasteiger charge is 2.18. The highest BCUT2D eigenvalue weighted by molar-refractivity contribution is 5.87. The van der Waals surface area contributed by atoms with Crippen molar-refractivity contribution in [3.8, 4) is 11.4 Å². The largest absolute Gasteiger partial charge is 0.506 e. The Bertz CT molecular complexity index is 1060. The number of rotatable bonds is 4. The summed E-state index contributed by atoms with van der Waals surface area (Å²) in [4.78, 5) is 13.2.